The Kier molecular flexibility index (Phi) is 5.77. The van der Waals surface area contributed by atoms with Gasteiger partial charge in [0.1, 0.15) is 0 Å². The molecule has 3 N–H and O–H groups in total. The number of nitrogens with one attached hydrogen (secondary N) is 2. The molecule has 0 aromatic rings. The summed E-state index contributed by atoms with van der Waals surface area (Å²) in [5.74, 6) is 0.0900. The van der Waals surface area contributed by atoms with Gasteiger partial charge in [0.15, 0.2) is 0 Å². The topological polar surface area (TPSA) is 61.4 Å². The van der Waals surface area contributed by atoms with Gasteiger partial charge in [-0.15, -0.1) is 0 Å². The van der Waals surface area contributed by atoms with Crippen LogP contribution in [0, 0.1) is 0 Å². The third kappa shape index (κ3) is 5.47. The average Bonchev–Trinajstić information content (AvgIpc) is 2.16. The first kappa shape index (κ1) is 13.5. The fourth-order valence-electron chi connectivity index (χ4n) is 2.07. The molecule has 0 aromatic carbocycles. The highest BCUT2D eigenvalue weighted by Crippen LogP contribution is 2.18. The van der Waals surface area contributed by atoms with Gasteiger partial charge in [0.05, 0.1) is 6.10 Å². The van der Waals surface area contributed by atoms with Gasteiger partial charge in [0.2, 0.25) is 5.91 Å². The van der Waals surface area contributed by atoms with Crippen LogP contribution < -0.4 is 10.6 Å². The maximum absolute atomic E-state index is 11.6. The Morgan fingerprint density at radius 1 is 1.44 bits per heavy atom. The largest absolute Gasteiger partial charge is 0.393 e. The Hall–Kier alpha value is -0.610. The van der Waals surface area contributed by atoms with Crippen LogP contribution in [0.4, 0.5) is 0 Å². The zero-order valence-electron chi connectivity index (χ0n) is 10.3. The van der Waals surface area contributed by atoms with Crippen molar-refractivity contribution in [2.24, 2.45) is 0 Å². The highest BCUT2D eigenvalue weighted by atomic mass is 16.3. The second-order valence-electron chi connectivity index (χ2n) is 4.94. The lowest BCUT2D eigenvalue weighted by atomic mass is 9.93. The molecule has 0 aliphatic heterocycles. The molecule has 1 saturated carbocycles. The van der Waals surface area contributed by atoms with Crippen LogP contribution in [0.15, 0.2) is 0 Å². The maximum atomic E-state index is 11.6. The Bertz CT molecular complexity index is 219. The zero-order valence-corrected chi connectivity index (χ0v) is 10.3. The number of hydrogen-bond acceptors (Lipinski definition) is 3. The van der Waals surface area contributed by atoms with E-state index in [0.29, 0.717) is 18.9 Å². The molecule has 0 saturated heterocycles. The summed E-state index contributed by atoms with van der Waals surface area (Å²) < 4.78 is 0. The van der Waals surface area contributed by atoms with Crippen molar-refractivity contribution in [3.05, 3.63) is 0 Å². The number of carbonyl (C=O) groups is 1. The van der Waals surface area contributed by atoms with E-state index in [1.54, 1.807) is 0 Å². The molecule has 1 rings (SSSR count). The average molecular weight is 228 g/mol. The molecule has 1 amide bonds. The number of aliphatic hydroxyl groups excluding tert-OH is 1. The van der Waals surface area contributed by atoms with Crippen LogP contribution in [-0.4, -0.2) is 35.7 Å². The molecule has 1 aliphatic carbocycles. The van der Waals surface area contributed by atoms with E-state index in [1.807, 2.05) is 0 Å². The van der Waals surface area contributed by atoms with Gasteiger partial charge in [-0.2, -0.15) is 0 Å². The molecule has 4 heteroatoms. The van der Waals surface area contributed by atoms with Crippen molar-refractivity contribution in [2.75, 3.05) is 6.54 Å². The van der Waals surface area contributed by atoms with Crippen LogP contribution in [0.25, 0.3) is 0 Å². The number of carbonyl (C=O) groups excluding carboxylic acids is 1. The summed E-state index contributed by atoms with van der Waals surface area (Å²) in [7, 11) is 0. The summed E-state index contributed by atoms with van der Waals surface area (Å²) in [5.41, 5.74) is 0. The number of rotatable bonds is 5. The summed E-state index contributed by atoms with van der Waals surface area (Å²) in [5, 5.41) is 15.7. The normalized spacial score (nSPS) is 25.8. The molecule has 0 spiro atoms. The fraction of sp³-hybridized carbons (Fsp3) is 0.917. The van der Waals surface area contributed by atoms with Gasteiger partial charge in [-0.05, 0) is 25.7 Å². The van der Waals surface area contributed by atoms with Crippen molar-refractivity contribution in [1.29, 1.82) is 0 Å². The van der Waals surface area contributed by atoms with E-state index in [2.05, 4.69) is 24.5 Å². The van der Waals surface area contributed by atoms with Crippen LogP contribution in [-0.2, 0) is 4.79 Å². The van der Waals surface area contributed by atoms with Crippen molar-refractivity contribution in [3.8, 4) is 0 Å². The highest BCUT2D eigenvalue weighted by Gasteiger charge is 2.21. The Morgan fingerprint density at radius 3 is 2.81 bits per heavy atom. The van der Waals surface area contributed by atoms with E-state index >= 15 is 0 Å². The predicted octanol–water partition coefficient (Wildman–Crippen LogP) is 0.794. The molecule has 0 aromatic heterocycles. The first-order valence-corrected chi connectivity index (χ1v) is 6.28. The minimum absolute atomic E-state index is 0.0900. The van der Waals surface area contributed by atoms with Crippen molar-refractivity contribution >= 4 is 5.91 Å². The van der Waals surface area contributed by atoms with Gasteiger partial charge < -0.3 is 15.7 Å². The van der Waals surface area contributed by atoms with Crippen LogP contribution in [0.1, 0.15) is 46.0 Å². The SMILES string of the molecule is CC(C)NCCC(=O)NC1CCCC(O)C1. The summed E-state index contributed by atoms with van der Waals surface area (Å²) in [6.45, 7) is 4.85. The molecule has 1 aliphatic rings. The van der Waals surface area contributed by atoms with E-state index < -0.39 is 0 Å². The van der Waals surface area contributed by atoms with Crippen LogP contribution in [0.2, 0.25) is 0 Å². The summed E-state index contributed by atoms with van der Waals surface area (Å²) >= 11 is 0. The third-order valence-electron chi connectivity index (χ3n) is 2.92. The molecule has 16 heavy (non-hydrogen) atoms. The van der Waals surface area contributed by atoms with E-state index in [9.17, 15) is 9.90 Å². The van der Waals surface area contributed by atoms with Crippen molar-refractivity contribution in [1.82, 2.24) is 10.6 Å². The third-order valence-corrected chi connectivity index (χ3v) is 2.92. The van der Waals surface area contributed by atoms with Crippen LogP contribution in [0.5, 0.6) is 0 Å². The van der Waals surface area contributed by atoms with Gasteiger partial charge in [0.25, 0.3) is 0 Å². The lowest BCUT2D eigenvalue weighted by molar-refractivity contribution is -0.122. The Morgan fingerprint density at radius 2 is 2.19 bits per heavy atom. The second-order valence-corrected chi connectivity index (χ2v) is 4.94. The first-order chi connectivity index (χ1) is 7.58. The molecule has 4 nitrogen and oxygen atoms in total. The highest BCUT2D eigenvalue weighted by molar-refractivity contribution is 5.76. The molecule has 2 unspecified atom stereocenters. The first-order valence-electron chi connectivity index (χ1n) is 6.28. The fourth-order valence-corrected chi connectivity index (χ4v) is 2.07. The molecular weight excluding hydrogens is 204 g/mol. The van der Waals surface area contributed by atoms with Crippen LogP contribution >= 0.6 is 0 Å². The maximum Gasteiger partial charge on any atom is 0.221 e. The monoisotopic (exact) mass is 228 g/mol. The van der Waals surface area contributed by atoms with Gasteiger partial charge in [-0.1, -0.05) is 13.8 Å². The second kappa shape index (κ2) is 6.86. The minimum Gasteiger partial charge on any atom is -0.393 e. The Balaban J connectivity index is 2.13. The molecular formula is C12H24N2O2. The molecule has 0 bridgehead atoms. The molecule has 0 radical (unpaired) electrons. The summed E-state index contributed by atoms with van der Waals surface area (Å²) in [6.07, 6.45) is 3.89. The van der Waals surface area contributed by atoms with E-state index in [1.165, 1.54) is 0 Å². The van der Waals surface area contributed by atoms with Gasteiger partial charge in [0, 0.05) is 25.0 Å². The van der Waals surface area contributed by atoms with Crippen molar-refractivity contribution in [3.63, 3.8) is 0 Å². The van der Waals surface area contributed by atoms with Crippen LogP contribution in [0.3, 0.4) is 0 Å². The molecule has 0 heterocycles. The zero-order chi connectivity index (χ0) is 12.0. The summed E-state index contributed by atoms with van der Waals surface area (Å²) in [6, 6.07) is 0.597. The lowest BCUT2D eigenvalue weighted by Gasteiger charge is -2.26. The predicted molar refractivity (Wildman–Crippen MR) is 64.2 cm³/mol. The number of hydrogen-bond donors (Lipinski definition) is 3. The van der Waals surface area contributed by atoms with Crippen molar-refractivity contribution < 1.29 is 9.90 Å². The smallest absolute Gasteiger partial charge is 0.221 e. The van der Waals surface area contributed by atoms with E-state index in [4.69, 9.17) is 0 Å². The van der Waals surface area contributed by atoms with E-state index in [-0.39, 0.29) is 18.1 Å². The Labute approximate surface area is 97.8 Å². The number of amides is 1. The molecule has 1 fully saturated rings. The van der Waals surface area contributed by atoms with Gasteiger partial charge in [-0.25, -0.2) is 0 Å². The minimum atomic E-state index is -0.229. The summed E-state index contributed by atoms with van der Waals surface area (Å²) in [4.78, 5) is 11.6. The van der Waals surface area contributed by atoms with E-state index in [0.717, 1.165) is 25.8 Å². The standard InChI is InChI=1S/C12H24N2O2/c1-9(2)13-7-6-12(16)14-10-4-3-5-11(15)8-10/h9-11,13,15H,3-8H2,1-2H3,(H,14,16). The van der Waals surface area contributed by atoms with Gasteiger partial charge in [-0.3, -0.25) is 4.79 Å². The molecule has 2 atom stereocenters. The van der Waals surface area contributed by atoms with Gasteiger partial charge >= 0.3 is 0 Å². The molecule has 94 valence electrons. The number of aliphatic hydroxyl groups is 1. The lowest BCUT2D eigenvalue weighted by Crippen LogP contribution is -2.41. The quantitative estimate of drug-likeness (QED) is 0.652. The van der Waals surface area contributed by atoms with Crippen molar-refractivity contribution in [2.45, 2.75) is 64.1 Å².